The zero-order chi connectivity index (χ0) is 33.3. The summed E-state index contributed by atoms with van der Waals surface area (Å²) in [5.74, 6) is 0. The van der Waals surface area contributed by atoms with Crippen molar-refractivity contribution in [1.29, 1.82) is 0 Å². The molecule has 1 amide bonds. The summed E-state index contributed by atoms with van der Waals surface area (Å²) < 4.78 is 9.93. The molecule has 4 aromatic carbocycles. The van der Waals surface area contributed by atoms with Gasteiger partial charge in [-0.05, 0) is 59.7 Å². The van der Waals surface area contributed by atoms with Gasteiger partial charge in [-0.2, -0.15) is 0 Å². The van der Waals surface area contributed by atoms with Crippen LogP contribution < -0.4 is 26.6 Å². The van der Waals surface area contributed by atoms with Crippen molar-refractivity contribution in [3.63, 3.8) is 0 Å². The molecule has 6 rings (SSSR count). The smallest absolute Gasteiger partial charge is 0.410 e. The number of nitrogens with two attached hydrogens (primary N) is 2. The molecule has 0 unspecified atom stereocenters. The van der Waals surface area contributed by atoms with Crippen LogP contribution in [0, 0.1) is 0 Å². The molecular formula is C36H43ClN6O4. The summed E-state index contributed by atoms with van der Waals surface area (Å²) in [6, 6.07) is 35.0. The van der Waals surface area contributed by atoms with Crippen molar-refractivity contribution < 1.29 is 19.1 Å². The third-order valence-electron chi connectivity index (χ3n) is 7.57. The van der Waals surface area contributed by atoms with Gasteiger partial charge in [0.05, 0.1) is 0 Å². The van der Waals surface area contributed by atoms with Crippen LogP contribution in [-0.2, 0) is 22.7 Å². The fourth-order valence-corrected chi connectivity index (χ4v) is 5.02. The first-order valence-corrected chi connectivity index (χ1v) is 16.0. The first-order valence-electron chi connectivity index (χ1n) is 15.6. The van der Waals surface area contributed by atoms with E-state index in [0.717, 1.165) is 67.5 Å². The summed E-state index contributed by atoms with van der Waals surface area (Å²) in [6.45, 7) is 7.80. The topological polar surface area (TPSA) is 126 Å². The number of halogens is 1. The molecule has 0 aliphatic carbocycles. The fraction of sp³-hybridized carbons (Fsp3) is 0.278. The molecule has 4 aromatic rings. The van der Waals surface area contributed by atoms with E-state index in [4.69, 9.17) is 27.8 Å². The minimum Gasteiger partial charge on any atom is -0.449 e. The van der Waals surface area contributed by atoms with E-state index < -0.39 is 5.43 Å². The lowest BCUT2D eigenvalue weighted by molar-refractivity contribution is 0.0942. The monoisotopic (exact) mass is 658 g/mol. The van der Waals surface area contributed by atoms with Crippen molar-refractivity contribution in [1.82, 2.24) is 10.2 Å². The predicted octanol–water partition coefficient (Wildman–Crippen LogP) is 5.97. The van der Waals surface area contributed by atoms with E-state index in [2.05, 4.69) is 32.0 Å². The highest BCUT2D eigenvalue weighted by Gasteiger charge is 2.22. The van der Waals surface area contributed by atoms with E-state index in [-0.39, 0.29) is 12.7 Å². The minimum absolute atomic E-state index is 0.239. The molecule has 0 aromatic heterocycles. The molecule has 2 fully saturated rings. The number of ether oxygens (including phenoxy) is 2. The Hall–Kier alpha value is -4.93. The number of amides is 1. The van der Waals surface area contributed by atoms with Crippen LogP contribution in [0.4, 0.5) is 32.3 Å². The molecule has 2 saturated heterocycles. The molecule has 10 nitrogen and oxygen atoms in total. The second kappa shape index (κ2) is 18.9. The summed E-state index contributed by atoms with van der Waals surface area (Å²) in [7, 11) is 0. The molecule has 0 atom stereocenters. The van der Waals surface area contributed by atoms with Gasteiger partial charge in [-0.1, -0.05) is 60.7 Å². The Balaban J connectivity index is 0.000000176. The van der Waals surface area contributed by atoms with Crippen LogP contribution in [0.15, 0.2) is 109 Å². The van der Waals surface area contributed by atoms with E-state index in [1.165, 1.54) is 5.69 Å². The summed E-state index contributed by atoms with van der Waals surface area (Å²) in [5, 5.41) is 3.33. The molecule has 2 aliphatic rings. The zero-order valence-electron chi connectivity index (χ0n) is 26.5. The SMILES string of the molecule is Nc1ccc(N2CCN(C(=O)OCc3ccccc3)CC2)cc1.Nc1ccc(N2CCNCC2)cc1.O=C(Cl)OCc1ccccc1. The normalized spacial score (nSPS) is 14.1. The van der Waals surface area contributed by atoms with Crippen molar-refractivity contribution >= 4 is 45.9 Å². The van der Waals surface area contributed by atoms with Gasteiger partial charge in [0, 0.05) is 86.7 Å². The average molecular weight is 659 g/mol. The van der Waals surface area contributed by atoms with Crippen LogP contribution in [0.3, 0.4) is 0 Å². The molecule has 2 heterocycles. The van der Waals surface area contributed by atoms with Crippen LogP contribution in [0.1, 0.15) is 11.1 Å². The number of carbonyl (C=O) groups is 2. The third-order valence-corrected chi connectivity index (χ3v) is 7.68. The van der Waals surface area contributed by atoms with Crippen LogP contribution in [0.2, 0.25) is 0 Å². The number of piperazine rings is 2. The highest BCUT2D eigenvalue weighted by Crippen LogP contribution is 2.19. The lowest BCUT2D eigenvalue weighted by atomic mass is 10.2. The van der Waals surface area contributed by atoms with Gasteiger partial charge in [0.2, 0.25) is 0 Å². The van der Waals surface area contributed by atoms with E-state index >= 15 is 0 Å². The highest BCUT2D eigenvalue weighted by molar-refractivity contribution is 6.61. The number of carbonyl (C=O) groups excluding carboxylic acids is 2. The second-order valence-corrected chi connectivity index (χ2v) is 11.3. The maximum Gasteiger partial charge on any atom is 0.410 e. The van der Waals surface area contributed by atoms with Crippen molar-refractivity contribution in [2.75, 3.05) is 73.6 Å². The first kappa shape index (κ1) is 34.9. The van der Waals surface area contributed by atoms with Crippen LogP contribution in [-0.4, -0.2) is 68.8 Å². The predicted molar refractivity (Wildman–Crippen MR) is 190 cm³/mol. The Labute approximate surface area is 281 Å². The molecule has 2 aliphatic heterocycles. The fourth-order valence-electron chi connectivity index (χ4n) is 4.97. The van der Waals surface area contributed by atoms with Gasteiger partial charge >= 0.3 is 11.5 Å². The number of nitrogen functional groups attached to an aromatic ring is 2. The summed E-state index contributed by atoms with van der Waals surface area (Å²) >= 11 is 4.97. The number of benzene rings is 4. The third kappa shape index (κ3) is 12.4. The number of nitrogens with zero attached hydrogens (tertiary/aromatic N) is 3. The molecule has 0 bridgehead atoms. The van der Waals surface area contributed by atoms with Gasteiger partial charge in [0.15, 0.2) is 0 Å². The Morgan fingerprint density at radius 2 is 1.02 bits per heavy atom. The lowest BCUT2D eigenvalue weighted by Crippen LogP contribution is -2.48. The molecule has 5 N–H and O–H groups in total. The standard InChI is InChI=1S/C18H21N3O2.C10H15N3.C8H7ClO2/c19-16-6-8-17(9-7-16)20-10-12-21(13-11-20)18(22)23-14-15-4-2-1-3-5-15;11-9-1-3-10(4-2-9)13-7-5-12-6-8-13;9-8(10)11-6-7-4-2-1-3-5-7/h1-9H,10-14,19H2;1-4,12H,5-8,11H2;1-5H,6H2. The molecule has 47 heavy (non-hydrogen) atoms. The van der Waals surface area contributed by atoms with Gasteiger partial charge < -0.3 is 41.0 Å². The number of hydrogen-bond donors (Lipinski definition) is 3. The maximum absolute atomic E-state index is 12.1. The van der Waals surface area contributed by atoms with Gasteiger partial charge in [-0.25, -0.2) is 9.59 Å². The van der Waals surface area contributed by atoms with Crippen LogP contribution in [0.5, 0.6) is 0 Å². The average Bonchev–Trinajstić information content (AvgIpc) is 3.12. The number of rotatable bonds is 6. The summed E-state index contributed by atoms with van der Waals surface area (Å²) in [4.78, 5) is 28.7. The van der Waals surface area contributed by atoms with Gasteiger partial charge in [-0.15, -0.1) is 0 Å². The quantitative estimate of drug-likeness (QED) is 0.170. The molecule has 0 spiro atoms. The number of hydrogen-bond acceptors (Lipinski definition) is 9. The number of anilines is 4. The molecule has 0 radical (unpaired) electrons. The summed E-state index contributed by atoms with van der Waals surface area (Å²) in [5.41, 5.74) is 16.5. The van der Waals surface area contributed by atoms with E-state index in [1.54, 1.807) is 4.90 Å². The Bertz CT molecular complexity index is 1480. The Kier molecular flexibility index (Phi) is 14.0. The van der Waals surface area contributed by atoms with Crippen LogP contribution >= 0.6 is 11.6 Å². The second-order valence-electron chi connectivity index (χ2n) is 10.9. The molecule has 248 valence electrons. The van der Waals surface area contributed by atoms with Crippen molar-refractivity contribution in [3.05, 3.63) is 120 Å². The molecule has 0 saturated carbocycles. The zero-order valence-corrected chi connectivity index (χ0v) is 27.2. The van der Waals surface area contributed by atoms with E-state index in [0.29, 0.717) is 19.7 Å². The lowest BCUT2D eigenvalue weighted by Gasteiger charge is -2.35. The van der Waals surface area contributed by atoms with Gasteiger partial charge in [0.25, 0.3) is 0 Å². The maximum atomic E-state index is 12.1. The van der Waals surface area contributed by atoms with Crippen molar-refractivity contribution in [2.45, 2.75) is 13.2 Å². The van der Waals surface area contributed by atoms with Crippen molar-refractivity contribution in [2.24, 2.45) is 0 Å². The first-order chi connectivity index (χ1) is 22.9. The largest absolute Gasteiger partial charge is 0.449 e. The van der Waals surface area contributed by atoms with Crippen molar-refractivity contribution in [3.8, 4) is 0 Å². The minimum atomic E-state index is -0.770. The van der Waals surface area contributed by atoms with Crippen LogP contribution in [0.25, 0.3) is 0 Å². The molecule has 11 heteroatoms. The van der Waals surface area contributed by atoms with E-state index in [1.807, 2.05) is 97.1 Å². The Morgan fingerprint density at radius 1 is 0.596 bits per heavy atom. The van der Waals surface area contributed by atoms with Gasteiger partial charge in [0.1, 0.15) is 13.2 Å². The Morgan fingerprint density at radius 3 is 1.47 bits per heavy atom. The van der Waals surface area contributed by atoms with Gasteiger partial charge in [-0.3, -0.25) is 0 Å². The number of nitrogens with one attached hydrogen (secondary N) is 1. The molecular weight excluding hydrogens is 616 g/mol. The van der Waals surface area contributed by atoms with E-state index in [9.17, 15) is 9.59 Å². The summed E-state index contributed by atoms with van der Waals surface area (Å²) in [6.07, 6.45) is -0.245. The highest BCUT2D eigenvalue weighted by atomic mass is 35.5.